The van der Waals surface area contributed by atoms with Crippen molar-refractivity contribution in [3.63, 3.8) is 0 Å². The van der Waals surface area contributed by atoms with Crippen LogP contribution in [0.2, 0.25) is 0 Å². The molecule has 1 atom stereocenters. The predicted molar refractivity (Wildman–Crippen MR) is 64.7 cm³/mol. The summed E-state index contributed by atoms with van der Waals surface area (Å²) in [6.07, 6.45) is 0. The highest BCUT2D eigenvalue weighted by Gasteiger charge is 2.22. The van der Waals surface area contributed by atoms with Crippen LogP contribution in [0.3, 0.4) is 0 Å². The number of para-hydroxylation sites is 2. The summed E-state index contributed by atoms with van der Waals surface area (Å²) in [5, 5.41) is 3.19. The fraction of sp³-hybridized carbons (Fsp3) is 0.143. The van der Waals surface area contributed by atoms with Crippen LogP contribution < -0.4 is 10.1 Å². The Morgan fingerprint density at radius 2 is 1.94 bits per heavy atom. The molecule has 0 fully saturated rings. The Balaban J connectivity index is 1.92. The molecule has 18 heavy (non-hydrogen) atoms. The van der Waals surface area contributed by atoms with Crippen molar-refractivity contribution in [2.75, 3.05) is 11.9 Å². The fourth-order valence-electron chi connectivity index (χ4n) is 2.07. The summed E-state index contributed by atoms with van der Waals surface area (Å²) in [7, 11) is 0. The molecule has 4 heteroatoms. The number of anilines is 1. The predicted octanol–water partition coefficient (Wildman–Crippen LogP) is 3.51. The van der Waals surface area contributed by atoms with Crippen LogP contribution in [0.25, 0.3) is 0 Å². The number of fused-ring (bicyclic) bond motifs is 1. The summed E-state index contributed by atoms with van der Waals surface area (Å²) in [6.45, 7) is 0.319. The number of halogens is 2. The Morgan fingerprint density at radius 3 is 2.78 bits per heavy atom. The first-order valence-corrected chi connectivity index (χ1v) is 5.67. The average molecular weight is 247 g/mol. The van der Waals surface area contributed by atoms with Crippen molar-refractivity contribution < 1.29 is 13.5 Å². The molecule has 0 aromatic heterocycles. The minimum atomic E-state index is -0.576. The molecular formula is C14H11F2NO. The number of hydrogen-bond acceptors (Lipinski definition) is 2. The first-order chi connectivity index (χ1) is 8.74. The molecule has 1 heterocycles. The third-order valence-corrected chi connectivity index (χ3v) is 2.96. The van der Waals surface area contributed by atoms with E-state index in [1.54, 1.807) is 0 Å². The maximum atomic E-state index is 13.7. The zero-order chi connectivity index (χ0) is 12.5. The monoisotopic (exact) mass is 247 g/mol. The molecule has 0 bridgehead atoms. The topological polar surface area (TPSA) is 21.3 Å². The highest BCUT2D eigenvalue weighted by molar-refractivity contribution is 5.59. The molecule has 2 aromatic rings. The second-order valence-corrected chi connectivity index (χ2v) is 4.17. The third kappa shape index (κ3) is 1.90. The van der Waals surface area contributed by atoms with Gasteiger partial charge in [-0.15, -0.1) is 0 Å². The molecule has 0 saturated carbocycles. The molecular weight excluding hydrogens is 236 g/mol. The molecule has 92 valence electrons. The lowest BCUT2D eigenvalue weighted by atomic mass is 10.0. The second-order valence-electron chi connectivity index (χ2n) is 4.17. The molecule has 0 radical (unpaired) electrons. The lowest BCUT2D eigenvalue weighted by Gasteiger charge is -2.27. The molecule has 2 nitrogen and oxygen atoms in total. The van der Waals surface area contributed by atoms with Crippen molar-refractivity contribution in [1.29, 1.82) is 0 Å². The van der Waals surface area contributed by atoms with Crippen LogP contribution >= 0.6 is 0 Å². The molecule has 2 aromatic carbocycles. The number of nitrogens with one attached hydrogen (secondary N) is 1. The largest absolute Gasteiger partial charge is 0.489 e. The summed E-state index contributed by atoms with van der Waals surface area (Å²) in [4.78, 5) is 0. The van der Waals surface area contributed by atoms with E-state index in [0.29, 0.717) is 12.2 Å². The van der Waals surface area contributed by atoms with Crippen molar-refractivity contribution in [3.8, 4) is 5.75 Å². The van der Waals surface area contributed by atoms with Gasteiger partial charge in [-0.25, -0.2) is 8.78 Å². The van der Waals surface area contributed by atoms with Crippen LogP contribution in [0.5, 0.6) is 5.75 Å². The molecule has 0 saturated heterocycles. The van der Waals surface area contributed by atoms with Crippen LogP contribution in [0.15, 0.2) is 42.5 Å². The summed E-state index contributed by atoms with van der Waals surface area (Å²) in [5.74, 6) is -0.389. The van der Waals surface area contributed by atoms with Crippen molar-refractivity contribution in [3.05, 3.63) is 59.7 Å². The zero-order valence-electron chi connectivity index (χ0n) is 9.49. The number of ether oxygens (including phenoxy) is 1. The Morgan fingerprint density at radius 1 is 1.11 bits per heavy atom. The molecule has 0 aliphatic carbocycles. The zero-order valence-corrected chi connectivity index (χ0v) is 9.49. The Labute approximate surface area is 103 Å². The summed E-state index contributed by atoms with van der Waals surface area (Å²) in [5.41, 5.74) is 1.23. The standard InChI is InChI=1S/C14H11F2NO/c15-9-5-6-10(11(16)7-9)13-8-18-14-4-2-1-3-12(14)17-13/h1-7,13,17H,8H2. The van der Waals surface area contributed by atoms with Crippen LogP contribution in [0.1, 0.15) is 11.6 Å². The van der Waals surface area contributed by atoms with E-state index >= 15 is 0 Å². The Hall–Kier alpha value is -2.10. The quantitative estimate of drug-likeness (QED) is 0.832. The molecule has 1 aliphatic rings. The highest BCUT2D eigenvalue weighted by atomic mass is 19.1. The van der Waals surface area contributed by atoms with Gasteiger partial charge in [0.2, 0.25) is 0 Å². The summed E-state index contributed by atoms with van der Waals surface area (Å²) in [6, 6.07) is 10.7. The molecule has 0 amide bonds. The van der Waals surface area contributed by atoms with E-state index < -0.39 is 11.6 Å². The fourth-order valence-corrected chi connectivity index (χ4v) is 2.07. The van der Waals surface area contributed by atoms with Crippen molar-refractivity contribution in [2.45, 2.75) is 6.04 Å². The van der Waals surface area contributed by atoms with Crippen molar-refractivity contribution >= 4 is 5.69 Å². The molecule has 0 spiro atoms. The van der Waals surface area contributed by atoms with Gasteiger partial charge in [0.25, 0.3) is 0 Å². The van der Waals surface area contributed by atoms with Gasteiger partial charge < -0.3 is 10.1 Å². The van der Waals surface area contributed by atoms with E-state index in [1.165, 1.54) is 12.1 Å². The lowest BCUT2D eigenvalue weighted by Crippen LogP contribution is -2.24. The number of benzene rings is 2. The van der Waals surface area contributed by atoms with Crippen LogP contribution in [-0.2, 0) is 0 Å². The van der Waals surface area contributed by atoms with Crippen molar-refractivity contribution in [1.82, 2.24) is 0 Å². The Kier molecular flexibility index (Phi) is 2.63. The minimum absolute atomic E-state index is 0.305. The van der Waals surface area contributed by atoms with Gasteiger partial charge in [-0.1, -0.05) is 18.2 Å². The maximum absolute atomic E-state index is 13.7. The van der Waals surface area contributed by atoms with Crippen LogP contribution in [0, 0.1) is 11.6 Å². The van der Waals surface area contributed by atoms with Gasteiger partial charge in [-0.2, -0.15) is 0 Å². The van der Waals surface area contributed by atoms with Gasteiger partial charge >= 0.3 is 0 Å². The maximum Gasteiger partial charge on any atom is 0.142 e. The van der Waals surface area contributed by atoms with Crippen LogP contribution in [0.4, 0.5) is 14.5 Å². The lowest BCUT2D eigenvalue weighted by molar-refractivity contribution is 0.283. The third-order valence-electron chi connectivity index (χ3n) is 2.96. The SMILES string of the molecule is Fc1ccc(C2COc3ccccc3N2)c(F)c1. The first-order valence-electron chi connectivity index (χ1n) is 5.67. The highest BCUT2D eigenvalue weighted by Crippen LogP contribution is 2.33. The summed E-state index contributed by atoms with van der Waals surface area (Å²) >= 11 is 0. The van der Waals surface area contributed by atoms with E-state index in [9.17, 15) is 8.78 Å². The normalized spacial score (nSPS) is 17.6. The number of hydrogen-bond donors (Lipinski definition) is 1. The van der Waals surface area contributed by atoms with Crippen molar-refractivity contribution in [2.24, 2.45) is 0 Å². The van der Waals surface area contributed by atoms with Gasteiger partial charge in [0, 0.05) is 11.6 Å². The van der Waals surface area contributed by atoms with E-state index in [-0.39, 0.29) is 6.04 Å². The Bertz CT molecular complexity index is 586. The molecule has 3 rings (SSSR count). The number of rotatable bonds is 1. The summed E-state index contributed by atoms with van der Waals surface area (Å²) < 4.78 is 32.1. The molecule has 1 N–H and O–H groups in total. The molecule has 1 aliphatic heterocycles. The van der Waals surface area contributed by atoms with E-state index in [1.807, 2.05) is 24.3 Å². The average Bonchev–Trinajstić information content (AvgIpc) is 2.38. The van der Waals surface area contributed by atoms with Gasteiger partial charge in [0.1, 0.15) is 24.0 Å². The van der Waals surface area contributed by atoms with Gasteiger partial charge in [0.05, 0.1) is 11.7 Å². The minimum Gasteiger partial charge on any atom is -0.489 e. The van der Waals surface area contributed by atoms with E-state index in [0.717, 1.165) is 17.5 Å². The van der Waals surface area contributed by atoms with Gasteiger partial charge in [0.15, 0.2) is 0 Å². The second kappa shape index (κ2) is 4.29. The van der Waals surface area contributed by atoms with E-state index in [4.69, 9.17) is 4.74 Å². The van der Waals surface area contributed by atoms with Gasteiger partial charge in [-0.3, -0.25) is 0 Å². The smallest absolute Gasteiger partial charge is 0.142 e. The van der Waals surface area contributed by atoms with Crippen LogP contribution in [-0.4, -0.2) is 6.61 Å². The van der Waals surface area contributed by atoms with Gasteiger partial charge in [-0.05, 0) is 18.2 Å². The molecule has 1 unspecified atom stereocenters. The van der Waals surface area contributed by atoms with E-state index in [2.05, 4.69) is 5.32 Å². The first kappa shape index (κ1) is 11.0.